The lowest BCUT2D eigenvalue weighted by atomic mass is 10.3. The molecule has 0 aliphatic heterocycles. The second-order valence-corrected chi connectivity index (χ2v) is 4.07. The van der Waals surface area contributed by atoms with Gasteiger partial charge in [-0.05, 0) is 21.0 Å². The van der Waals surface area contributed by atoms with E-state index >= 15 is 0 Å². The van der Waals surface area contributed by atoms with Gasteiger partial charge in [0, 0.05) is 31.9 Å². The van der Waals surface area contributed by atoms with E-state index in [1.807, 2.05) is 28.1 Å². The molecule has 0 amide bonds. The standard InChI is InChI=1S/C10H20N6/c1-8-7-12-10(14-11)13-9(8)16(4)6-5-15(2)3/h7H,5-6,11H2,1-4H3,(H,12,13,14). The zero-order valence-corrected chi connectivity index (χ0v) is 10.4. The third-order valence-corrected chi connectivity index (χ3v) is 2.32. The maximum absolute atomic E-state index is 5.29. The zero-order valence-electron chi connectivity index (χ0n) is 10.4. The van der Waals surface area contributed by atoms with Crippen molar-refractivity contribution < 1.29 is 0 Å². The number of rotatable bonds is 5. The number of aromatic nitrogens is 2. The average molecular weight is 224 g/mol. The molecule has 0 aromatic carbocycles. The van der Waals surface area contributed by atoms with Crippen molar-refractivity contribution in [1.29, 1.82) is 0 Å². The molecule has 3 N–H and O–H groups in total. The predicted octanol–water partition coefficient (Wildman–Crippen LogP) is 0.0684. The Kier molecular flexibility index (Phi) is 4.45. The van der Waals surface area contributed by atoms with E-state index in [0.29, 0.717) is 5.95 Å². The summed E-state index contributed by atoms with van der Waals surface area (Å²) in [5.74, 6) is 6.64. The molecule has 16 heavy (non-hydrogen) atoms. The summed E-state index contributed by atoms with van der Waals surface area (Å²) in [5.41, 5.74) is 3.50. The number of nitrogen functional groups attached to an aromatic ring is 1. The van der Waals surface area contributed by atoms with Gasteiger partial charge in [0.2, 0.25) is 5.95 Å². The minimum atomic E-state index is 0.442. The van der Waals surface area contributed by atoms with Gasteiger partial charge < -0.3 is 9.80 Å². The van der Waals surface area contributed by atoms with E-state index < -0.39 is 0 Å². The highest BCUT2D eigenvalue weighted by atomic mass is 15.3. The van der Waals surface area contributed by atoms with Crippen LogP contribution in [0.15, 0.2) is 6.20 Å². The summed E-state index contributed by atoms with van der Waals surface area (Å²) in [6.45, 7) is 3.88. The average Bonchev–Trinajstić information content (AvgIpc) is 2.26. The van der Waals surface area contributed by atoms with Crippen LogP contribution in [-0.2, 0) is 0 Å². The Bertz CT molecular complexity index is 338. The van der Waals surface area contributed by atoms with Crippen molar-refractivity contribution in [3.8, 4) is 0 Å². The fourth-order valence-electron chi connectivity index (χ4n) is 1.34. The molecule has 0 saturated carbocycles. The Labute approximate surface area is 96.4 Å². The van der Waals surface area contributed by atoms with Crippen molar-refractivity contribution in [1.82, 2.24) is 14.9 Å². The molecule has 0 saturated heterocycles. The normalized spacial score (nSPS) is 10.6. The Morgan fingerprint density at radius 1 is 1.31 bits per heavy atom. The van der Waals surface area contributed by atoms with Gasteiger partial charge in [0.05, 0.1) is 0 Å². The van der Waals surface area contributed by atoms with E-state index in [-0.39, 0.29) is 0 Å². The number of likely N-dealkylation sites (N-methyl/N-ethyl adjacent to an activating group) is 2. The molecule has 1 heterocycles. The van der Waals surface area contributed by atoms with Crippen molar-refractivity contribution in [2.24, 2.45) is 5.84 Å². The molecule has 1 aromatic heterocycles. The molecule has 0 radical (unpaired) electrons. The molecule has 6 heteroatoms. The summed E-state index contributed by atoms with van der Waals surface area (Å²) < 4.78 is 0. The predicted molar refractivity (Wildman–Crippen MR) is 66.4 cm³/mol. The van der Waals surface area contributed by atoms with Gasteiger partial charge >= 0.3 is 0 Å². The summed E-state index contributed by atoms with van der Waals surface area (Å²) in [7, 11) is 6.11. The van der Waals surface area contributed by atoms with Crippen LogP contribution in [0.25, 0.3) is 0 Å². The molecule has 0 unspecified atom stereocenters. The quantitative estimate of drug-likeness (QED) is 0.545. The van der Waals surface area contributed by atoms with Crippen molar-refractivity contribution in [2.45, 2.75) is 6.92 Å². The molecular weight excluding hydrogens is 204 g/mol. The van der Waals surface area contributed by atoms with Crippen molar-refractivity contribution >= 4 is 11.8 Å². The summed E-state index contributed by atoms with van der Waals surface area (Å²) in [6.07, 6.45) is 1.77. The molecule has 90 valence electrons. The van der Waals surface area contributed by atoms with Crippen LogP contribution < -0.4 is 16.2 Å². The summed E-state index contributed by atoms with van der Waals surface area (Å²) in [4.78, 5) is 12.6. The molecule has 1 rings (SSSR count). The van der Waals surface area contributed by atoms with E-state index in [1.54, 1.807) is 6.20 Å². The van der Waals surface area contributed by atoms with E-state index in [9.17, 15) is 0 Å². The number of hydrogen-bond acceptors (Lipinski definition) is 6. The number of nitrogens with one attached hydrogen (secondary N) is 1. The first-order chi connectivity index (χ1) is 7.54. The summed E-state index contributed by atoms with van der Waals surface area (Å²) in [6, 6.07) is 0. The number of hydrogen-bond donors (Lipinski definition) is 2. The Balaban J connectivity index is 2.76. The van der Waals surface area contributed by atoms with Gasteiger partial charge in [-0.2, -0.15) is 4.98 Å². The van der Waals surface area contributed by atoms with Gasteiger partial charge in [0.1, 0.15) is 5.82 Å². The smallest absolute Gasteiger partial charge is 0.239 e. The SMILES string of the molecule is Cc1cnc(NN)nc1N(C)CCN(C)C. The van der Waals surface area contributed by atoms with Crippen LogP contribution in [0, 0.1) is 6.92 Å². The van der Waals surface area contributed by atoms with E-state index in [1.165, 1.54) is 0 Å². The zero-order chi connectivity index (χ0) is 12.1. The van der Waals surface area contributed by atoms with Gasteiger partial charge in [-0.15, -0.1) is 0 Å². The van der Waals surface area contributed by atoms with E-state index in [0.717, 1.165) is 24.5 Å². The number of anilines is 2. The maximum atomic E-state index is 5.29. The van der Waals surface area contributed by atoms with Crippen LogP contribution in [-0.4, -0.2) is 49.1 Å². The number of aryl methyl sites for hydroxylation is 1. The topological polar surface area (TPSA) is 70.3 Å². The van der Waals surface area contributed by atoms with Gasteiger partial charge in [0.25, 0.3) is 0 Å². The van der Waals surface area contributed by atoms with Crippen LogP contribution in [0.2, 0.25) is 0 Å². The first-order valence-electron chi connectivity index (χ1n) is 5.20. The van der Waals surface area contributed by atoms with Gasteiger partial charge in [0.15, 0.2) is 0 Å². The largest absolute Gasteiger partial charge is 0.358 e. The molecule has 6 nitrogen and oxygen atoms in total. The molecular formula is C10H20N6. The van der Waals surface area contributed by atoms with Crippen LogP contribution in [0.4, 0.5) is 11.8 Å². The summed E-state index contributed by atoms with van der Waals surface area (Å²) in [5, 5.41) is 0. The van der Waals surface area contributed by atoms with Crippen LogP contribution in [0.3, 0.4) is 0 Å². The lowest BCUT2D eigenvalue weighted by molar-refractivity contribution is 0.416. The molecule has 0 bridgehead atoms. The number of nitrogens with two attached hydrogens (primary N) is 1. The van der Waals surface area contributed by atoms with Crippen molar-refractivity contribution in [3.63, 3.8) is 0 Å². The Morgan fingerprint density at radius 2 is 2.00 bits per heavy atom. The highest BCUT2D eigenvalue weighted by Crippen LogP contribution is 2.15. The highest BCUT2D eigenvalue weighted by molar-refractivity contribution is 5.47. The van der Waals surface area contributed by atoms with Crippen molar-refractivity contribution in [3.05, 3.63) is 11.8 Å². The third kappa shape index (κ3) is 3.32. The van der Waals surface area contributed by atoms with Crippen LogP contribution >= 0.6 is 0 Å². The minimum Gasteiger partial charge on any atom is -0.358 e. The van der Waals surface area contributed by atoms with Gasteiger partial charge in [-0.25, -0.2) is 10.8 Å². The van der Waals surface area contributed by atoms with Crippen LogP contribution in [0.1, 0.15) is 5.56 Å². The van der Waals surface area contributed by atoms with Crippen molar-refractivity contribution in [2.75, 3.05) is 44.6 Å². The highest BCUT2D eigenvalue weighted by Gasteiger charge is 2.08. The molecule has 0 aliphatic rings. The Morgan fingerprint density at radius 3 is 2.56 bits per heavy atom. The van der Waals surface area contributed by atoms with E-state index in [4.69, 9.17) is 5.84 Å². The summed E-state index contributed by atoms with van der Waals surface area (Å²) >= 11 is 0. The second kappa shape index (κ2) is 5.62. The number of hydrazine groups is 1. The van der Waals surface area contributed by atoms with E-state index in [2.05, 4.69) is 25.2 Å². The molecule has 0 fully saturated rings. The molecule has 0 aliphatic carbocycles. The number of nitrogens with zero attached hydrogens (tertiary/aromatic N) is 4. The lowest BCUT2D eigenvalue weighted by Crippen LogP contribution is -2.29. The monoisotopic (exact) mass is 224 g/mol. The maximum Gasteiger partial charge on any atom is 0.239 e. The van der Waals surface area contributed by atoms with Gasteiger partial charge in [-0.1, -0.05) is 0 Å². The molecule has 0 atom stereocenters. The first-order valence-corrected chi connectivity index (χ1v) is 5.20. The molecule has 0 spiro atoms. The third-order valence-electron chi connectivity index (χ3n) is 2.32. The molecule has 1 aromatic rings. The fraction of sp³-hybridized carbons (Fsp3) is 0.600. The lowest BCUT2D eigenvalue weighted by Gasteiger charge is -2.22. The van der Waals surface area contributed by atoms with Crippen LogP contribution in [0.5, 0.6) is 0 Å². The minimum absolute atomic E-state index is 0.442. The second-order valence-electron chi connectivity index (χ2n) is 4.07. The fourth-order valence-corrected chi connectivity index (χ4v) is 1.34. The van der Waals surface area contributed by atoms with Gasteiger partial charge in [-0.3, -0.25) is 5.43 Å². The first kappa shape index (κ1) is 12.7. The Hall–Kier alpha value is -1.40.